The second kappa shape index (κ2) is 7.43. The number of rotatable bonds is 6. The number of aryl methyl sites for hydroxylation is 2. The average molecular weight is 391 g/mol. The Labute approximate surface area is 133 Å². The maximum absolute atomic E-state index is 6.15. The van der Waals surface area contributed by atoms with Crippen LogP contribution in [0.15, 0.2) is 48.5 Å². The van der Waals surface area contributed by atoms with E-state index in [1.807, 2.05) is 0 Å². The zero-order chi connectivity index (χ0) is 15.3. The van der Waals surface area contributed by atoms with Crippen molar-refractivity contribution >= 4 is 19.2 Å². The molecule has 0 saturated carbocycles. The first kappa shape index (κ1) is 16.5. The Morgan fingerprint density at radius 3 is 1.48 bits per heavy atom. The summed E-state index contributed by atoms with van der Waals surface area (Å²) >= 11 is -2.89. The molecule has 0 amide bonds. The van der Waals surface area contributed by atoms with Crippen LogP contribution in [0.2, 0.25) is 9.88 Å². The Kier molecular flexibility index (Phi) is 5.85. The zero-order valence-electron chi connectivity index (χ0n) is 13.3. The van der Waals surface area contributed by atoms with Gasteiger partial charge in [-0.3, -0.25) is 0 Å². The average Bonchev–Trinajstić information content (AvgIpc) is 2.46. The second-order valence-electron chi connectivity index (χ2n) is 5.83. The summed E-state index contributed by atoms with van der Waals surface area (Å²) in [6, 6.07) is 16.7. The Morgan fingerprint density at radius 2 is 1.10 bits per heavy atom. The predicted molar refractivity (Wildman–Crippen MR) is 89.4 cm³/mol. The Balaban J connectivity index is 1.90. The fraction of sp³-hybridized carbons (Fsp3) is 0.333. The summed E-state index contributed by atoms with van der Waals surface area (Å²) in [4.78, 5) is 4.34. The van der Waals surface area contributed by atoms with Gasteiger partial charge in [0.1, 0.15) is 0 Å². The molecule has 21 heavy (non-hydrogen) atoms. The van der Waals surface area contributed by atoms with Crippen LogP contribution < -0.4 is 0 Å². The zero-order valence-corrected chi connectivity index (χ0v) is 16.2. The van der Waals surface area contributed by atoms with E-state index in [4.69, 9.17) is 6.15 Å². The monoisotopic (exact) mass is 392 g/mol. The van der Waals surface area contributed by atoms with E-state index < -0.39 is 19.2 Å². The molecule has 0 saturated heterocycles. The van der Waals surface area contributed by atoms with Gasteiger partial charge in [-0.2, -0.15) is 0 Å². The van der Waals surface area contributed by atoms with Gasteiger partial charge in [0.2, 0.25) is 0 Å². The van der Waals surface area contributed by atoms with Crippen LogP contribution in [0, 0.1) is 13.8 Å². The molecular formula is C18H24O2Sn. The van der Waals surface area contributed by atoms with Crippen molar-refractivity contribution in [2.24, 2.45) is 0 Å². The van der Waals surface area contributed by atoms with E-state index in [-0.39, 0.29) is 0 Å². The van der Waals surface area contributed by atoms with Crippen molar-refractivity contribution in [2.45, 2.75) is 36.9 Å². The molecule has 112 valence electrons. The number of benzene rings is 2. The van der Waals surface area contributed by atoms with Crippen LogP contribution in [0.25, 0.3) is 0 Å². The molecule has 2 aromatic carbocycles. The summed E-state index contributed by atoms with van der Waals surface area (Å²) in [6.07, 6.45) is 0. The van der Waals surface area contributed by atoms with E-state index >= 15 is 0 Å². The van der Waals surface area contributed by atoms with Crippen molar-refractivity contribution < 1.29 is 6.15 Å². The molecule has 0 aromatic heterocycles. The minimum atomic E-state index is -2.89. The molecule has 0 aliphatic heterocycles. The van der Waals surface area contributed by atoms with Crippen molar-refractivity contribution in [3.05, 3.63) is 70.8 Å². The van der Waals surface area contributed by atoms with Crippen LogP contribution in [0.1, 0.15) is 22.3 Å². The topological polar surface area (TPSA) is 18.5 Å². The van der Waals surface area contributed by atoms with Gasteiger partial charge in [-0.15, -0.1) is 0 Å². The molecule has 0 fully saturated rings. The summed E-state index contributed by atoms with van der Waals surface area (Å²) < 4.78 is 12.3. The van der Waals surface area contributed by atoms with E-state index in [0.29, 0.717) is 13.2 Å². The van der Waals surface area contributed by atoms with Crippen LogP contribution in [0.3, 0.4) is 0 Å². The van der Waals surface area contributed by atoms with Gasteiger partial charge in [0.25, 0.3) is 0 Å². The second-order valence-corrected chi connectivity index (χ2v) is 15.5. The van der Waals surface area contributed by atoms with Crippen molar-refractivity contribution in [2.75, 3.05) is 0 Å². The molecule has 3 heteroatoms. The van der Waals surface area contributed by atoms with Gasteiger partial charge < -0.3 is 0 Å². The standard InChI is InChI=1S/2C8H9O.2CH3.Sn/c2*1-7-4-2-3-5-8(7)6-9;;;/h2*2-5H,6H2,1H3;2*1H3;/q2*-1;;;+2. The molecule has 0 bridgehead atoms. The summed E-state index contributed by atoms with van der Waals surface area (Å²) in [7, 11) is 0. The Morgan fingerprint density at radius 1 is 0.714 bits per heavy atom. The SMILES string of the molecule is Cc1ccccc1C[O][Sn]([CH3])([CH3])[O]Cc1ccccc1C. The van der Waals surface area contributed by atoms with Crippen LogP contribution >= 0.6 is 0 Å². The first-order chi connectivity index (χ1) is 9.98. The van der Waals surface area contributed by atoms with Crippen molar-refractivity contribution in [3.8, 4) is 0 Å². The van der Waals surface area contributed by atoms with Crippen LogP contribution in [0.5, 0.6) is 0 Å². The summed E-state index contributed by atoms with van der Waals surface area (Å²) in [5, 5.41) is 0. The number of hydrogen-bond acceptors (Lipinski definition) is 2. The third kappa shape index (κ3) is 5.13. The minimum absolute atomic E-state index is 0.656. The molecular weight excluding hydrogens is 367 g/mol. The Hall–Kier alpha value is -0.841. The van der Waals surface area contributed by atoms with Gasteiger partial charge in [-0.1, -0.05) is 0 Å². The molecule has 0 heterocycles. The third-order valence-electron chi connectivity index (χ3n) is 3.67. The molecule has 2 aromatic rings. The van der Waals surface area contributed by atoms with Gasteiger partial charge in [0.15, 0.2) is 0 Å². The quantitative estimate of drug-likeness (QED) is 0.663. The predicted octanol–water partition coefficient (Wildman–Crippen LogP) is 4.74. The molecule has 0 N–H and O–H groups in total. The van der Waals surface area contributed by atoms with Gasteiger partial charge in [-0.05, 0) is 0 Å². The van der Waals surface area contributed by atoms with E-state index in [1.54, 1.807) is 0 Å². The first-order valence-corrected chi connectivity index (χ1v) is 15.4. The van der Waals surface area contributed by atoms with Crippen LogP contribution in [-0.4, -0.2) is 19.2 Å². The fourth-order valence-corrected chi connectivity index (χ4v) is 5.20. The molecule has 0 aliphatic rings. The molecule has 2 rings (SSSR count). The third-order valence-corrected chi connectivity index (χ3v) is 8.47. The van der Waals surface area contributed by atoms with E-state index in [9.17, 15) is 0 Å². The van der Waals surface area contributed by atoms with Gasteiger partial charge in [0.05, 0.1) is 0 Å². The molecule has 0 unspecified atom stereocenters. The first-order valence-electron chi connectivity index (χ1n) is 7.35. The van der Waals surface area contributed by atoms with Gasteiger partial charge in [-0.25, -0.2) is 0 Å². The molecule has 0 atom stereocenters. The van der Waals surface area contributed by atoms with Gasteiger partial charge >= 0.3 is 133 Å². The van der Waals surface area contributed by atoms with E-state index in [0.717, 1.165) is 0 Å². The summed E-state index contributed by atoms with van der Waals surface area (Å²) in [5.41, 5.74) is 5.06. The van der Waals surface area contributed by atoms with E-state index in [2.05, 4.69) is 72.3 Å². The summed E-state index contributed by atoms with van der Waals surface area (Å²) in [6.45, 7) is 5.55. The van der Waals surface area contributed by atoms with Crippen LogP contribution in [-0.2, 0) is 19.4 Å². The summed E-state index contributed by atoms with van der Waals surface area (Å²) in [5.74, 6) is 0. The van der Waals surface area contributed by atoms with Crippen molar-refractivity contribution in [1.29, 1.82) is 0 Å². The fourth-order valence-electron chi connectivity index (χ4n) is 2.09. The molecule has 0 spiro atoms. The van der Waals surface area contributed by atoms with Crippen molar-refractivity contribution in [1.82, 2.24) is 0 Å². The molecule has 0 aliphatic carbocycles. The molecule has 0 radical (unpaired) electrons. The van der Waals surface area contributed by atoms with E-state index in [1.165, 1.54) is 22.3 Å². The van der Waals surface area contributed by atoms with Crippen LogP contribution in [0.4, 0.5) is 0 Å². The molecule has 2 nitrogen and oxygen atoms in total. The normalized spacial score (nSPS) is 11.6. The Bertz CT molecular complexity index is 542. The number of hydrogen-bond donors (Lipinski definition) is 0. The van der Waals surface area contributed by atoms with Gasteiger partial charge in [0, 0.05) is 0 Å². The van der Waals surface area contributed by atoms with Crippen molar-refractivity contribution in [3.63, 3.8) is 0 Å². The maximum atomic E-state index is 6.15.